The highest BCUT2D eigenvalue weighted by molar-refractivity contribution is 7.90. The first kappa shape index (κ1) is 21.7. The highest BCUT2D eigenvalue weighted by Gasteiger charge is 2.17. The first-order chi connectivity index (χ1) is 15.1. The van der Waals surface area contributed by atoms with E-state index in [1.54, 1.807) is 18.2 Å². The van der Waals surface area contributed by atoms with Gasteiger partial charge in [0.2, 0.25) is 0 Å². The number of nitrogens with zero attached hydrogens (tertiary/aromatic N) is 1. The summed E-state index contributed by atoms with van der Waals surface area (Å²) in [6.45, 7) is 5.89. The molecule has 0 aliphatic heterocycles. The lowest BCUT2D eigenvalue weighted by Gasteiger charge is -2.14. The van der Waals surface area contributed by atoms with Crippen LogP contribution in [0.3, 0.4) is 0 Å². The van der Waals surface area contributed by atoms with E-state index >= 15 is 0 Å². The Hall–Kier alpha value is -3.51. The van der Waals surface area contributed by atoms with Gasteiger partial charge in [-0.15, -0.1) is 0 Å². The molecule has 1 heterocycles. The fourth-order valence-corrected chi connectivity index (χ4v) is 4.41. The molecule has 0 saturated carbocycles. The molecule has 0 radical (unpaired) electrons. The van der Waals surface area contributed by atoms with Crippen LogP contribution in [-0.2, 0) is 9.84 Å². The Balaban J connectivity index is 1.83. The molecule has 162 valence electrons. The fourth-order valence-electron chi connectivity index (χ4n) is 3.76. The van der Waals surface area contributed by atoms with Crippen LogP contribution in [0.2, 0.25) is 0 Å². The number of aryl methyl sites for hydroxylation is 3. The van der Waals surface area contributed by atoms with Crippen molar-refractivity contribution in [3.63, 3.8) is 0 Å². The quantitative estimate of drug-likeness (QED) is 0.452. The van der Waals surface area contributed by atoms with Crippen LogP contribution in [0.1, 0.15) is 27.0 Å². The highest BCUT2D eigenvalue weighted by Crippen LogP contribution is 2.29. The van der Waals surface area contributed by atoms with Gasteiger partial charge in [-0.1, -0.05) is 48.0 Å². The van der Waals surface area contributed by atoms with Gasteiger partial charge >= 0.3 is 0 Å². The third kappa shape index (κ3) is 4.27. The van der Waals surface area contributed by atoms with Crippen LogP contribution < -0.4 is 5.32 Å². The zero-order chi connectivity index (χ0) is 23.0. The Bertz CT molecular complexity index is 1470. The molecule has 0 aliphatic carbocycles. The SMILES string of the molecule is Cc1ccc(-c2cc(C(=O)Nc3cc(S(C)(=O)=O)ccc3C)c3ccccc3n2)c(C)c1. The molecule has 0 fully saturated rings. The van der Waals surface area contributed by atoms with E-state index in [0.717, 1.165) is 39.4 Å². The number of anilines is 1. The Morgan fingerprint density at radius 3 is 2.34 bits per heavy atom. The van der Waals surface area contributed by atoms with Crippen LogP contribution in [0, 0.1) is 20.8 Å². The Labute approximate surface area is 188 Å². The average molecular weight is 445 g/mol. The molecule has 0 atom stereocenters. The summed E-state index contributed by atoms with van der Waals surface area (Å²) in [4.78, 5) is 18.3. The summed E-state index contributed by atoms with van der Waals surface area (Å²) in [5.41, 5.74) is 6.36. The van der Waals surface area contributed by atoms with Crippen molar-refractivity contribution in [2.45, 2.75) is 25.7 Å². The summed E-state index contributed by atoms with van der Waals surface area (Å²) in [7, 11) is -3.39. The van der Waals surface area contributed by atoms with Crippen LogP contribution in [0.25, 0.3) is 22.2 Å². The molecule has 4 aromatic rings. The van der Waals surface area contributed by atoms with Crippen molar-refractivity contribution in [3.05, 3.63) is 89.0 Å². The number of benzene rings is 3. The molecule has 1 aromatic heterocycles. The smallest absolute Gasteiger partial charge is 0.256 e. The lowest BCUT2D eigenvalue weighted by Crippen LogP contribution is -2.14. The van der Waals surface area contributed by atoms with E-state index in [-0.39, 0.29) is 10.8 Å². The van der Waals surface area contributed by atoms with Gasteiger partial charge in [0, 0.05) is 22.9 Å². The predicted octanol–water partition coefficient (Wildman–Crippen LogP) is 5.48. The van der Waals surface area contributed by atoms with E-state index < -0.39 is 9.84 Å². The number of aromatic nitrogens is 1. The van der Waals surface area contributed by atoms with E-state index in [2.05, 4.69) is 11.4 Å². The number of sulfone groups is 1. The van der Waals surface area contributed by atoms with Gasteiger partial charge in [0.1, 0.15) is 0 Å². The number of rotatable bonds is 4. The molecule has 3 aromatic carbocycles. The summed E-state index contributed by atoms with van der Waals surface area (Å²) in [6.07, 6.45) is 1.15. The molecule has 0 aliphatic rings. The monoisotopic (exact) mass is 444 g/mol. The zero-order valence-electron chi connectivity index (χ0n) is 18.4. The molecule has 0 bridgehead atoms. The Kier molecular flexibility index (Phi) is 5.57. The van der Waals surface area contributed by atoms with E-state index in [1.165, 1.54) is 6.07 Å². The Morgan fingerprint density at radius 1 is 0.875 bits per heavy atom. The number of hydrogen-bond donors (Lipinski definition) is 1. The van der Waals surface area contributed by atoms with E-state index in [0.29, 0.717) is 16.9 Å². The lowest BCUT2D eigenvalue weighted by atomic mass is 9.99. The topological polar surface area (TPSA) is 76.1 Å². The highest BCUT2D eigenvalue weighted by atomic mass is 32.2. The van der Waals surface area contributed by atoms with Gasteiger partial charge in [0.25, 0.3) is 5.91 Å². The van der Waals surface area contributed by atoms with Crippen LogP contribution in [0.5, 0.6) is 0 Å². The van der Waals surface area contributed by atoms with Crippen molar-refractivity contribution in [3.8, 4) is 11.3 Å². The van der Waals surface area contributed by atoms with E-state index in [1.807, 2.05) is 57.2 Å². The van der Waals surface area contributed by atoms with Crippen molar-refractivity contribution in [2.75, 3.05) is 11.6 Å². The number of para-hydroxylation sites is 1. The third-order valence-electron chi connectivity index (χ3n) is 5.50. The summed E-state index contributed by atoms with van der Waals surface area (Å²) >= 11 is 0. The summed E-state index contributed by atoms with van der Waals surface area (Å²) in [6, 6.07) is 20.2. The number of fused-ring (bicyclic) bond motifs is 1. The van der Waals surface area contributed by atoms with Gasteiger partial charge in [-0.05, 0) is 56.2 Å². The summed E-state index contributed by atoms with van der Waals surface area (Å²) in [5.74, 6) is -0.316. The maximum atomic E-state index is 13.4. The molecule has 32 heavy (non-hydrogen) atoms. The van der Waals surface area contributed by atoms with Gasteiger partial charge in [-0.2, -0.15) is 0 Å². The molecular formula is C26H24N2O3S. The van der Waals surface area contributed by atoms with Crippen LogP contribution in [0.15, 0.2) is 71.6 Å². The number of pyridine rings is 1. The van der Waals surface area contributed by atoms with Crippen molar-refractivity contribution in [2.24, 2.45) is 0 Å². The molecule has 4 rings (SSSR count). The molecule has 6 heteroatoms. The number of amides is 1. The van der Waals surface area contributed by atoms with Crippen molar-refractivity contribution < 1.29 is 13.2 Å². The Morgan fingerprint density at radius 2 is 1.62 bits per heavy atom. The summed E-state index contributed by atoms with van der Waals surface area (Å²) in [5, 5.41) is 3.63. The first-order valence-corrected chi connectivity index (χ1v) is 12.1. The van der Waals surface area contributed by atoms with Crippen LogP contribution >= 0.6 is 0 Å². The predicted molar refractivity (Wildman–Crippen MR) is 129 cm³/mol. The maximum Gasteiger partial charge on any atom is 0.256 e. The second kappa shape index (κ2) is 8.20. The number of carbonyl (C=O) groups is 1. The van der Waals surface area contributed by atoms with Gasteiger partial charge in [0.05, 0.1) is 21.7 Å². The fraction of sp³-hybridized carbons (Fsp3) is 0.154. The standard InChI is InChI=1S/C26H24N2O3S/c1-16-9-12-20(18(3)13-16)25-15-22(21-7-5-6-8-23(21)27-25)26(29)28-24-14-19(32(4,30)31)11-10-17(24)2/h5-15H,1-4H3,(H,28,29). The molecule has 0 unspecified atom stereocenters. The minimum atomic E-state index is -3.39. The van der Waals surface area contributed by atoms with Crippen LogP contribution in [-0.4, -0.2) is 25.6 Å². The zero-order valence-corrected chi connectivity index (χ0v) is 19.2. The van der Waals surface area contributed by atoms with Gasteiger partial charge in [-0.25, -0.2) is 13.4 Å². The van der Waals surface area contributed by atoms with E-state index in [4.69, 9.17) is 4.98 Å². The molecule has 0 spiro atoms. The van der Waals surface area contributed by atoms with E-state index in [9.17, 15) is 13.2 Å². The van der Waals surface area contributed by atoms with Crippen molar-refractivity contribution >= 4 is 32.3 Å². The lowest BCUT2D eigenvalue weighted by molar-refractivity contribution is 0.102. The normalized spacial score (nSPS) is 11.5. The molecule has 5 nitrogen and oxygen atoms in total. The molecule has 0 saturated heterocycles. The average Bonchev–Trinajstić information content (AvgIpc) is 2.73. The molecule has 1 N–H and O–H groups in total. The van der Waals surface area contributed by atoms with Gasteiger partial charge in [-0.3, -0.25) is 4.79 Å². The maximum absolute atomic E-state index is 13.4. The number of hydrogen-bond acceptors (Lipinski definition) is 4. The second-order valence-corrected chi connectivity index (χ2v) is 10.1. The minimum Gasteiger partial charge on any atom is -0.322 e. The largest absolute Gasteiger partial charge is 0.322 e. The van der Waals surface area contributed by atoms with Crippen molar-refractivity contribution in [1.82, 2.24) is 4.98 Å². The minimum absolute atomic E-state index is 0.161. The first-order valence-electron chi connectivity index (χ1n) is 10.2. The second-order valence-electron chi connectivity index (χ2n) is 8.09. The van der Waals surface area contributed by atoms with Gasteiger partial charge in [0.15, 0.2) is 9.84 Å². The van der Waals surface area contributed by atoms with Gasteiger partial charge < -0.3 is 5.32 Å². The number of nitrogens with one attached hydrogen (secondary N) is 1. The molecule has 1 amide bonds. The van der Waals surface area contributed by atoms with Crippen LogP contribution in [0.4, 0.5) is 5.69 Å². The number of carbonyl (C=O) groups excluding carboxylic acids is 1. The van der Waals surface area contributed by atoms with Crippen molar-refractivity contribution in [1.29, 1.82) is 0 Å². The summed E-state index contributed by atoms with van der Waals surface area (Å²) < 4.78 is 23.9. The molecular weight excluding hydrogens is 420 g/mol. The third-order valence-corrected chi connectivity index (χ3v) is 6.61.